The van der Waals surface area contributed by atoms with E-state index in [1.807, 2.05) is 39.0 Å². The molecule has 0 aliphatic carbocycles. The Morgan fingerprint density at radius 2 is 1.87 bits per heavy atom. The number of piperidine rings is 1. The molecule has 8 heteroatoms. The summed E-state index contributed by atoms with van der Waals surface area (Å²) in [6.07, 6.45) is 1.02. The quantitative estimate of drug-likeness (QED) is 0.680. The fourth-order valence-electron chi connectivity index (χ4n) is 4.35. The Bertz CT molecular complexity index is 992. The van der Waals surface area contributed by atoms with Crippen LogP contribution in [0.4, 0.5) is 10.6 Å². The van der Waals surface area contributed by atoms with Crippen LogP contribution in [0.15, 0.2) is 41.2 Å². The largest absolute Gasteiger partial charge is 0.443 e. The number of carbonyl (C=O) groups excluding carboxylic acids is 1. The number of hydrogen-bond donors (Lipinski definition) is 0. The van der Waals surface area contributed by atoms with E-state index in [0.29, 0.717) is 12.4 Å². The van der Waals surface area contributed by atoms with Gasteiger partial charge in [0.1, 0.15) is 16.6 Å². The lowest BCUT2D eigenvalue weighted by Gasteiger charge is -2.44. The molecule has 2 aliphatic rings. The molecule has 0 N–H and O–H groups in total. The predicted octanol–water partition coefficient (Wildman–Crippen LogP) is 3.69. The lowest BCUT2D eigenvalue weighted by Crippen LogP contribution is -2.57. The first-order valence-corrected chi connectivity index (χ1v) is 10.6. The molecule has 0 atom stereocenters. The van der Waals surface area contributed by atoms with Gasteiger partial charge in [-0.2, -0.15) is 4.98 Å². The number of rotatable bonds is 2. The average molecular weight is 431 g/mol. The van der Waals surface area contributed by atoms with E-state index >= 15 is 0 Å². The van der Waals surface area contributed by atoms with Gasteiger partial charge in [0.2, 0.25) is 0 Å². The molecule has 0 radical (unpaired) electrons. The second-order valence-corrected chi connectivity index (χ2v) is 9.49. The van der Waals surface area contributed by atoms with Crippen LogP contribution in [-0.2, 0) is 17.8 Å². The van der Waals surface area contributed by atoms with E-state index in [9.17, 15) is 9.59 Å². The van der Waals surface area contributed by atoms with Gasteiger partial charge in [-0.3, -0.25) is 14.4 Å². The van der Waals surface area contributed by atoms with Crippen molar-refractivity contribution < 1.29 is 9.53 Å². The SMILES string of the molecule is CC(C)(C)OC(=O)N1c2cc(Cl)nc(=O)n2CC12CCN(Cc1ccccc1)CC2. The molecule has 2 aromatic rings. The van der Waals surface area contributed by atoms with E-state index < -0.39 is 22.9 Å². The van der Waals surface area contributed by atoms with E-state index in [2.05, 4.69) is 22.0 Å². The number of benzene rings is 1. The molecule has 7 nitrogen and oxygen atoms in total. The summed E-state index contributed by atoms with van der Waals surface area (Å²) >= 11 is 6.06. The Hall–Kier alpha value is -2.38. The summed E-state index contributed by atoms with van der Waals surface area (Å²) in [5, 5.41) is 0.0818. The van der Waals surface area contributed by atoms with Crippen LogP contribution < -0.4 is 10.6 Å². The second kappa shape index (κ2) is 7.71. The normalized spacial score (nSPS) is 18.5. The third-order valence-electron chi connectivity index (χ3n) is 5.73. The maximum Gasteiger partial charge on any atom is 0.416 e. The summed E-state index contributed by atoms with van der Waals surface area (Å²) in [6.45, 7) is 8.41. The van der Waals surface area contributed by atoms with E-state index in [1.54, 1.807) is 15.5 Å². The average Bonchev–Trinajstić information content (AvgIpc) is 2.97. The minimum absolute atomic E-state index is 0.0818. The van der Waals surface area contributed by atoms with Crippen molar-refractivity contribution in [2.24, 2.45) is 0 Å². The highest BCUT2D eigenvalue weighted by Gasteiger charge is 2.50. The monoisotopic (exact) mass is 430 g/mol. The fourth-order valence-corrected chi connectivity index (χ4v) is 4.52. The molecule has 1 amide bonds. The van der Waals surface area contributed by atoms with Gasteiger partial charge in [-0.05, 0) is 39.2 Å². The molecule has 4 rings (SSSR count). The molecule has 160 valence electrons. The van der Waals surface area contributed by atoms with Gasteiger partial charge in [-0.1, -0.05) is 41.9 Å². The summed E-state index contributed by atoms with van der Waals surface area (Å²) in [6, 6.07) is 11.9. The van der Waals surface area contributed by atoms with Crippen LogP contribution in [0.3, 0.4) is 0 Å². The zero-order valence-corrected chi connectivity index (χ0v) is 18.4. The van der Waals surface area contributed by atoms with Gasteiger partial charge in [0, 0.05) is 25.7 Å². The number of likely N-dealkylation sites (tertiary alicyclic amines) is 1. The first kappa shape index (κ1) is 20.9. The van der Waals surface area contributed by atoms with Gasteiger partial charge in [0.05, 0.1) is 12.1 Å². The number of halogens is 1. The lowest BCUT2D eigenvalue weighted by molar-refractivity contribution is 0.0496. The Morgan fingerprint density at radius 3 is 2.50 bits per heavy atom. The molecule has 0 saturated carbocycles. The zero-order valence-electron chi connectivity index (χ0n) is 17.6. The number of anilines is 1. The van der Waals surface area contributed by atoms with Gasteiger partial charge < -0.3 is 4.74 Å². The molecular weight excluding hydrogens is 404 g/mol. The topological polar surface area (TPSA) is 67.7 Å². The Labute approximate surface area is 181 Å². The van der Waals surface area contributed by atoms with Crippen LogP contribution in [-0.4, -0.2) is 44.8 Å². The highest BCUT2D eigenvalue weighted by Crippen LogP contribution is 2.41. The maximum atomic E-state index is 13.2. The van der Waals surface area contributed by atoms with Crippen molar-refractivity contribution >= 4 is 23.5 Å². The minimum atomic E-state index is -0.642. The fraction of sp³-hybridized carbons (Fsp3) is 0.500. The van der Waals surface area contributed by atoms with Crippen molar-refractivity contribution in [1.29, 1.82) is 0 Å². The van der Waals surface area contributed by atoms with Crippen LogP contribution in [0.5, 0.6) is 0 Å². The molecule has 1 aromatic carbocycles. The maximum absolute atomic E-state index is 13.2. The summed E-state index contributed by atoms with van der Waals surface area (Å²) in [7, 11) is 0. The van der Waals surface area contributed by atoms with Crippen molar-refractivity contribution in [2.45, 2.75) is 57.8 Å². The lowest BCUT2D eigenvalue weighted by atomic mass is 9.86. The van der Waals surface area contributed by atoms with E-state index in [0.717, 1.165) is 32.5 Å². The van der Waals surface area contributed by atoms with Crippen molar-refractivity contribution in [3.63, 3.8) is 0 Å². The van der Waals surface area contributed by atoms with Crippen LogP contribution in [0.2, 0.25) is 5.15 Å². The van der Waals surface area contributed by atoms with E-state index in [-0.39, 0.29) is 5.15 Å². The van der Waals surface area contributed by atoms with Crippen LogP contribution >= 0.6 is 11.6 Å². The van der Waals surface area contributed by atoms with Gasteiger partial charge in [-0.25, -0.2) is 9.59 Å². The molecule has 3 heterocycles. The van der Waals surface area contributed by atoms with Gasteiger partial charge in [-0.15, -0.1) is 0 Å². The van der Waals surface area contributed by atoms with Gasteiger partial charge in [0.15, 0.2) is 0 Å². The number of nitrogens with zero attached hydrogens (tertiary/aromatic N) is 4. The molecule has 1 spiro atoms. The highest BCUT2D eigenvalue weighted by atomic mass is 35.5. The molecule has 1 saturated heterocycles. The summed E-state index contributed by atoms with van der Waals surface area (Å²) in [5.41, 5.74) is -0.334. The number of aromatic nitrogens is 2. The van der Waals surface area contributed by atoms with Crippen LogP contribution in [0.25, 0.3) is 0 Å². The van der Waals surface area contributed by atoms with Crippen molar-refractivity contribution in [3.05, 3.63) is 57.6 Å². The first-order valence-electron chi connectivity index (χ1n) is 10.2. The third kappa shape index (κ3) is 4.09. The first-order chi connectivity index (χ1) is 14.2. The zero-order chi connectivity index (χ0) is 21.5. The van der Waals surface area contributed by atoms with Crippen LogP contribution in [0.1, 0.15) is 39.2 Å². The van der Waals surface area contributed by atoms with Crippen molar-refractivity contribution in [2.75, 3.05) is 18.0 Å². The minimum Gasteiger partial charge on any atom is -0.443 e. The number of amides is 1. The predicted molar refractivity (Wildman–Crippen MR) is 116 cm³/mol. The number of carbonyl (C=O) groups is 1. The third-order valence-corrected chi connectivity index (χ3v) is 5.92. The molecule has 0 bridgehead atoms. The standard InChI is InChI=1S/C22H27ClN4O3/c1-21(2,3)30-20(29)27-18-13-17(23)24-19(28)26(18)15-22(27)9-11-25(12-10-22)14-16-7-5-4-6-8-16/h4-8,13H,9-12,14-15H2,1-3H3. The number of hydrogen-bond acceptors (Lipinski definition) is 5. The van der Waals surface area contributed by atoms with Crippen LogP contribution in [0, 0.1) is 0 Å². The van der Waals surface area contributed by atoms with Gasteiger partial charge >= 0.3 is 11.8 Å². The van der Waals surface area contributed by atoms with Crippen molar-refractivity contribution in [3.8, 4) is 0 Å². The Balaban J connectivity index is 1.61. The van der Waals surface area contributed by atoms with Crippen molar-refractivity contribution in [1.82, 2.24) is 14.5 Å². The molecular formula is C22H27ClN4O3. The van der Waals surface area contributed by atoms with E-state index in [4.69, 9.17) is 16.3 Å². The smallest absolute Gasteiger partial charge is 0.416 e. The molecule has 0 unspecified atom stereocenters. The summed E-state index contributed by atoms with van der Waals surface area (Å²) in [4.78, 5) is 33.6. The number of ether oxygens (including phenoxy) is 1. The second-order valence-electron chi connectivity index (χ2n) is 9.11. The molecule has 30 heavy (non-hydrogen) atoms. The summed E-state index contributed by atoms with van der Waals surface area (Å²) in [5.74, 6) is 0.464. The Morgan fingerprint density at radius 1 is 1.20 bits per heavy atom. The summed E-state index contributed by atoms with van der Waals surface area (Å²) < 4.78 is 7.25. The highest BCUT2D eigenvalue weighted by molar-refractivity contribution is 6.29. The number of fused-ring (bicyclic) bond motifs is 1. The molecule has 1 fully saturated rings. The molecule has 2 aliphatic heterocycles. The van der Waals surface area contributed by atoms with Gasteiger partial charge in [0.25, 0.3) is 0 Å². The molecule has 1 aromatic heterocycles. The van der Waals surface area contributed by atoms with E-state index in [1.165, 1.54) is 5.56 Å². The Kier molecular flexibility index (Phi) is 5.36.